The Bertz CT molecular complexity index is 1680. The quantitative estimate of drug-likeness (QED) is 0.0535. The van der Waals surface area contributed by atoms with Gasteiger partial charge in [0.2, 0.25) is 11.8 Å². The van der Waals surface area contributed by atoms with Crippen LogP contribution in [0.1, 0.15) is 33.6 Å². The van der Waals surface area contributed by atoms with Crippen LogP contribution in [0.4, 0.5) is 0 Å². The lowest BCUT2D eigenvalue weighted by molar-refractivity contribution is -0.387. The molecule has 0 aromatic rings. The van der Waals surface area contributed by atoms with E-state index in [0.29, 0.717) is 0 Å². The summed E-state index contributed by atoms with van der Waals surface area (Å²) in [5.41, 5.74) is 0. The molecule has 30 nitrogen and oxygen atoms in total. The van der Waals surface area contributed by atoms with E-state index in [1.165, 1.54) is 0 Å². The van der Waals surface area contributed by atoms with E-state index in [-0.39, 0.29) is 0 Å². The van der Waals surface area contributed by atoms with Crippen molar-refractivity contribution in [3.63, 3.8) is 0 Å². The van der Waals surface area contributed by atoms with Crippen LogP contribution in [-0.4, -0.2) is 267 Å². The maximum Gasteiger partial charge on any atom is 0.364 e. The highest BCUT2D eigenvalue weighted by Gasteiger charge is 2.62. The van der Waals surface area contributed by atoms with Crippen LogP contribution in [0.25, 0.3) is 0 Å². The third kappa shape index (κ3) is 12.0. The van der Waals surface area contributed by atoms with Crippen LogP contribution < -0.4 is 10.6 Å². The van der Waals surface area contributed by atoms with Gasteiger partial charge in [0.15, 0.2) is 12.6 Å². The van der Waals surface area contributed by atoms with Crippen molar-refractivity contribution in [2.45, 2.75) is 168 Å². The predicted octanol–water partition coefficient (Wildman–Crippen LogP) is -10.5. The summed E-state index contributed by atoms with van der Waals surface area (Å²) in [6.45, 7) is -1.61. The molecule has 0 saturated carbocycles. The number of nitrogens with one attached hydrogen (secondary N) is 2. The number of amides is 2. The fraction of sp³-hybridized carbons (Fsp3) is 0.861. The topological polar surface area (TPSA) is 487 Å². The van der Waals surface area contributed by atoms with Crippen molar-refractivity contribution < 1.29 is 138 Å². The third-order valence-electron chi connectivity index (χ3n) is 11.2. The number of ether oxygens (including phenoxy) is 8. The molecule has 0 spiro atoms. The van der Waals surface area contributed by atoms with Crippen LogP contribution in [0.5, 0.6) is 0 Å². The summed E-state index contributed by atoms with van der Waals surface area (Å²) in [7, 11) is 0. The van der Waals surface area contributed by atoms with Crippen LogP contribution in [-0.2, 0) is 61.9 Å². The first kappa shape index (κ1) is 55.1. The fourth-order valence-electron chi connectivity index (χ4n) is 7.95. The number of aliphatic hydroxyl groups excluding tert-OH is 13. The number of aliphatic hydroxyl groups is 13. The molecule has 4 saturated heterocycles. The van der Waals surface area contributed by atoms with Gasteiger partial charge in [-0.15, -0.1) is 0 Å². The molecule has 0 unspecified atom stereocenters. The monoisotopic (exact) mass is 966 g/mol. The van der Waals surface area contributed by atoms with Crippen LogP contribution in [0.15, 0.2) is 0 Å². The highest BCUT2D eigenvalue weighted by Crippen LogP contribution is 2.40. The summed E-state index contributed by atoms with van der Waals surface area (Å²) in [6.07, 6.45) is -41.0. The van der Waals surface area contributed by atoms with Gasteiger partial charge >= 0.3 is 17.9 Å². The van der Waals surface area contributed by atoms with Crippen LogP contribution >= 0.6 is 0 Å². The second kappa shape index (κ2) is 22.8. The molecule has 4 rings (SSSR count). The second-order valence-corrected chi connectivity index (χ2v) is 16.1. The Kier molecular flexibility index (Phi) is 19.0. The Balaban J connectivity index is 1.71. The molecule has 4 fully saturated rings. The number of hydrogen-bond donors (Lipinski definition) is 17. The summed E-state index contributed by atoms with van der Waals surface area (Å²) >= 11 is 0. The fourth-order valence-corrected chi connectivity index (χ4v) is 7.95. The van der Waals surface area contributed by atoms with Crippen molar-refractivity contribution in [2.24, 2.45) is 0 Å². The van der Waals surface area contributed by atoms with Crippen molar-refractivity contribution in [1.29, 1.82) is 0 Å². The molecule has 0 bridgehead atoms. The Morgan fingerprint density at radius 1 is 0.667 bits per heavy atom. The third-order valence-corrected chi connectivity index (χ3v) is 11.2. The maximum absolute atomic E-state index is 13.2. The molecule has 0 aromatic carbocycles. The van der Waals surface area contributed by atoms with E-state index in [1.54, 1.807) is 0 Å². The molecular weight excluding hydrogens is 908 g/mol. The number of rotatable bonds is 19. The van der Waals surface area contributed by atoms with Crippen molar-refractivity contribution in [3.05, 3.63) is 0 Å². The van der Waals surface area contributed by atoms with E-state index < -0.39 is 203 Å². The van der Waals surface area contributed by atoms with Gasteiger partial charge in [-0.3, -0.25) is 14.4 Å². The standard InChI is InChI=1S/C36H58N2O28/c1-10(42)37-19-13(45)4-35(33(55)56,64-28(19)21(48)15(47)9-59-12(3)44)63-17(7-40)23(50)29-20(38-11(2)43)14(46)5-36(65-29,34(57)58)66-30-22(49)16(6-39)61-32(26(30)53)62-27-18(8-41)60-31(54)25(52)24(27)51/h13-32,39-41,45-54H,4-9H2,1-3H3,(H,37,42)(H,38,43)(H,55,56)(H,57,58)/t13-,14-,15+,16+,17+,18+,19+,20+,21+,22-,23+,24+,25+,26+,27+,28+,29+,30-,31+,32-,35+,36-/m0/s1. The van der Waals surface area contributed by atoms with Crippen molar-refractivity contribution in [1.82, 2.24) is 10.6 Å². The Morgan fingerprint density at radius 3 is 1.67 bits per heavy atom. The van der Waals surface area contributed by atoms with E-state index >= 15 is 0 Å². The number of aliphatic carboxylic acids is 2. The number of carbonyl (C=O) groups is 5. The summed E-state index contributed by atoms with van der Waals surface area (Å²) in [5.74, 6) is -13.6. The highest BCUT2D eigenvalue weighted by atomic mass is 16.8. The van der Waals surface area contributed by atoms with Crippen LogP contribution in [0.2, 0.25) is 0 Å². The van der Waals surface area contributed by atoms with Gasteiger partial charge in [-0.05, 0) is 0 Å². The number of carbonyl (C=O) groups excluding carboxylic acids is 3. The molecule has 22 atom stereocenters. The highest BCUT2D eigenvalue weighted by molar-refractivity contribution is 5.77. The molecule has 2 amide bonds. The van der Waals surface area contributed by atoms with Crippen LogP contribution in [0.3, 0.4) is 0 Å². The van der Waals surface area contributed by atoms with E-state index in [2.05, 4.69) is 15.4 Å². The first-order chi connectivity index (χ1) is 30.8. The summed E-state index contributed by atoms with van der Waals surface area (Å²) in [6, 6.07) is -3.62. The SMILES string of the molecule is CC(=O)N[C@H]1[C@H]([C@H](O)[C@H](O)COC(C)=O)O[C@@](O[C@H](CO)[C@@H](O)[C@@H]2O[C@@](O[C@H]3[C@@H](O)[C@@H](CO)O[C@@H](O[C@H]4[C@H](O)[C@@H](O)[C@H](O)O[C@@H]4CO)[C@@H]3O)(C(=O)O)C[C@H](O)[C@H]2NC(C)=O)(C(=O)O)C[C@@H]1O. The van der Waals surface area contributed by atoms with E-state index in [4.69, 9.17) is 33.2 Å². The van der Waals surface area contributed by atoms with Crippen molar-refractivity contribution >= 4 is 29.7 Å². The number of carboxylic acid groups (broad SMARTS) is 2. The van der Waals surface area contributed by atoms with Gasteiger partial charge in [0.05, 0.1) is 44.1 Å². The normalized spacial score (nSPS) is 41.4. The molecule has 0 radical (unpaired) electrons. The molecule has 30 heteroatoms. The molecule has 0 aliphatic carbocycles. The predicted molar refractivity (Wildman–Crippen MR) is 201 cm³/mol. The molecule has 0 aromatic heterocycles. The first-order valence-corrected chi connectivity index (χ1v) is 20.2. The van der Waals surface area contributed by atoms with E-state index in [0.717, 1.165) is 20.8 Å². The molecule has 4 aliphatic rings. The van der Waals surface area contributed by atoms with Crippen LogP contribution in [0, 0.1) is 0 Å². The summed E-state index contributed by atoms with van der Waals surface area (Å²) in [4.78, 5) is 62.0. The minimum atomic E-state index is -3.35. The molecule has 4 heterocycles. The van der Waals surface area contributed by atoms with Gasteiger partial charge in [-0.25, -0.2) is 9.59 Å². The molecule has 380 valence electrons. The first-order valence-electron chi connectivity index (χ1n) is 20.2. The second-order valence-electron chi connectivity index (χ2n) is 16.1. The molecule has 17 N–H and O–H groups in total. The zero-order valence-corrected chi connectivity index (χ0v) is 35.3. The zero-order valence-electron chi connectivity index (χ0n) is 35.3. The van der Waals surface area contributed by atoms with Gasteiger partial charge in [0, 0.05) is 33.6 Å². The minimum Gasteiger partial charge on any atom is -0.477 e. The van der Waals surface area contributed by atoms with Gasteiger partial charge in [-0.1, -0.05) is 0 Å². The average molecular weight is 967 g/mol. The summed E-state index contributed by atoms with van der Waals surface area (Å²) < 4.78 is 43.2. The Labute approximate surface area is 372 Å². The lowest BCUT2D eigenvalue weighted by atomic mass is 9.87. The lowest BCUT2D eigenvalue weighted by Gasteiger charge is -2.51. The van der Waals surface area contributed by atoms with Crippen molar-refractivity contribution in [2.75, 3.05) is 26.4 Å². The number of hydrogen-bond acceptors (Lipinski definition) is 26. The number of esters is 1. The minimum absolute atomic E-state index is 0.855. The smallest absolute Gasteiger partial charge is 0.364 e. The maximum atomic E-state index is 13.2. The van der Waals surface area contributed by atoms with Gasteiger partial charge < -0.3 is 125 Å². The zero-order chi connectivity index (χ0) is 49.7. The molecule has 66 heavy (non-hydrogen) atoms. The van der Waals surface area contributed by atoms with Crippen molar-refractivity contribution in [3.8, 4) is 0 Å². The van der Waals surface area contributed by atoms with Gasteiger partial charge in [0.1, 0.15) is 92.1 Å². The Hall–Kier alpha value is -3.45. The van der Waals surface area contributed by atoms with E-state index in [9.17, 15) is 101 Å². The largest absolute Gasteiger partial charge is 0.477 e. The Morgan fingerprint density at radius 2 is 1.18 bits per heavy atom. The van der Waals surface area contributed by atoms with E-state index in [1.807, 2.05) is 0 Å². The summed E-state index contributed by atoms with van der Waals surface area (Å²) in [5, 5.41) is 165. The number of carboxylic acids is 2. The average Bonchev–Trinajstić information content (AvgIpc) is 3.24. The molecular formula is C36H58N2O28. The van der Waals surface area contributed by atoms with Gasteiger partial charge in [-0.2, -0.15) is 0 Å². The lowest BCUT2D eigenvalue weighted by Crippen LogP contribution is -2.72. The van der Waals surface area contributed by atoms with Gasteiger partial charge in [0.25, 0.3) is 11.6 Å². The molecule has 4 aliphatic heterocycles.